The molecule has 2 aromatic rings. The number of rotatable bonds is 2. The molecule has 0 aliphatic heterocycles. The van der Waals surface area contributed by atoms with Crippen molar-refractivity contribution >= 4 is 10.9 Å². The van der Waals surface area contributed by atoms with Crippen molar-refractivity contribution in [3.63, 3.8) is 0 Å². The van der Waals surface area contributed by atoms with Gasteiger partial charge < -0.3 is 10.7 Å². The first-order valence-electron chi connectivity index (χ1n) is 4.68. The minimum atomic E-state index is -0.109. The van der Waals surface area contributed by atoms with Gasteiger partial charge in [0.2, 0.25) is 0 Å². The number of H-pyrrole nitrogens is 1. The Bertz CT molecular complexity index is 468. The van der Waals surface area contributed by atoms with Gasteiger partial charge in [-0.25, -0.2) is 0 Å². The van der Waals surface area contributed by atoms with Crippen LogP contribution in [0.3, 0.4) is 0 Å². The molecule has 1 aromatic carbocycles. The van der Waals surface area contributed by atoms with E-state index in [1.165, 1.54) is 10.9 Å². The zero-order valence-corrected chi connectivity index (χ0v) is 8.25. The van der Waals surface area contributed by atoms with E-state index < -0.39 is 0 Å². The Labute approximate surface area is 83.4 Å². The SMILES string of the molecule is C=C[C@@H](N)c1cc2cc(C)ccc2[nH]1. The van der Waals surface area contributed by atoms with Crippen LogP contribution in [0.5, 0.6) is 0 Å². The first kappa shape index (κ1) is 9.03. The van der Waals surface area contributed by atoms with Crippen LogP contribution in [0.25, 0.3) is 10.9 Å². The Hall–Kier alpha value is -1.54. The molecule has 14 heavy (non-hydrogen) atoms. The lowest BCUT2D eigenvalue weighted by atomic mass is 10.1. The molecule has 0 radical (unpaired) electrons. The molecular weight excluding hydrogens is 172 g/mol. The van der Waals surface area contributed by atoms with Crippen LogP contribution >= 0.6 is 0 Å². The van der Waals surface area contributed by atoms with Crippen molar-refractivity contribution in [1.29, 1.82) is 0 Å². The van der Waals surface area contributed by atoms with Crippen molar-refractivity contribution in [2.24, 2.45) is 5.73 Å². The van der Waals surface area contributed by atoms with Gasteiger partial charge in [0.05, 0.1) is 6.04 Å². The third kappa shape index (κ3) is 1.44. The van der Waals surface area contributed by atoms with Crippen LogP contribution in [0.1, 0.15) is 17.3 Å². The van der Waals surface area contributed by atoms with E-state index in [-0.39, 0.29) is 6.04 Å². The number of hydrogen-bond acceptors (Lipinski definition) is 1. The van der Waals surface area contributed by atoms with Crippen LogP contribution in [-0.2, 0) is 0 Å². The van der Waals surface area contributed by atoms with Crippen LogP contribution in [0.15, 0.2) is 36.9 Å². The van der Waals surface area contributed by atoms with Crippen molar-refractivity contribution < 1.29 is 0 Å². The number of benzene rings is 1. The topological polar surface area (TPSA) is 41.8 Å². The maximum absolute atomic E-state index is 5.85. The van der Waals surface area contributed by atoms with E-state index in [0.717, 1.165) is 11.2 Å². The number of hydrogen-bond donors (Lipinski definition) is 2. The summed E-state index contributed by atoms with van der Waals surface area (Å²) in [7, 11) is 0. The van der Waals surface area contributed by atoms with Crippen molar-refractivity contribution in [3.05, 3.63) is 48.2 Å². The molecule has 3 N–H and O–H groups in total. The number of aromatic amines is 1. The molecule has 0 saturated carbocycles. The third-order valence-electron chi connectivity index (χ3n) is 2.41. The van der Waals surface area contributed by atoms with Gasteiger partial charge in [-0.05, 0) is 30.5 Å². The van der Waals surface area contributed by atoms with Gasteiger partial charge in [-0.3, -0.25) is 0 Å². The molecule has 72 valence electrons. The number of fused-ring (bicyclic) bond motifs is 1. The third-order valence-corrected chi connectivity index (χ3v) is 2.41. The van der Waals surface area contributed by atoms with E-state index in [0.29, 0.717) is 0 Å². The summed E-state index contributed by atoms with van der Waals surface area (Å²) in [6.07, 6.45) is 1.73. The molecule has 2 heteroatoms. The second kappa shape index (κ2) is 3.31. The van der Waals surface area contributed by atoms with Crippen molar-refractivity contribution in [2.75, 3.05) is 0 Å². The van der Waals surface area contributed by atoms with Gasteiger partial charge in [-0.1, -0.05) is 17.7 Å². The highest BCUT2D eigenvalue weighted by Crippen LogP contribution is 2.20. The summed E-state index contributed by atoms with van der Waals surface area (Å²) < 4.78 is 0. The van der Waals surface area contributed by atoms with E-state index in [9.17, 15) is 0 Å². The second-order valence-electron chi connectivity index (χ2n) is 3.58. The summed E-state index contributed by atoms with van der Waals surface area (Å²) in [5.74, 6) is 0. The van der Waals surface area contributed by atoms with E-state index in [1.54, 1.807) is 6.08 Å². The maximum Gasteiger partial charge on any atom is 0.0631 e. The first-order valence-corrected chi connectivity index (χ1v) is 4.68. The van der Waals surface area contributed by atoms with Crippen LogP contribution in [0.2, 0.25) is 0 Å². The fraction of sp³-hybridized carbons (Fsp3) is 0.167. The molecule has 1 atom stereocenters. The van der Waals surface area contributed by atoms with Crippen molar-refractivity contribution in [3.8, 4) is 0 Å². The predicted octanol–water partition coefficient (Wildman–Crippen LogP) is 2.66. The summed E-state index contributed by atoms with van der Waals surface area (Å²) in [4.78, 5) is 3.28. The molecule has 0 aliphatic rings. The monoisotopic (exact) mass is 186 g/mol. The number of aromatic nitrogens is 1. The van der Waals surface area contributed by atoms with Gasteiger partial charge in [0.1, 0.15) is 0 Å². The standard InChI is InChI=1S/C12H14N2/c1-3-10(13)12-7-9-6-8(2)4-5-11(9)14-12/h3-7,10,14H,1,13H2,2H3/t10-/m1/s1. The van der Waals surface area contributed by atoms with Gasteiger partial charge >= 0.3 is 0 Å². The molecule has 0 unspecified atom stereocenters. The average Bonchev–Trinajstić information content (AvgIpc) is 2.59. The highest BCUT2D eigenvalue weighted by atomic mass is 14.8. The molecule has 1 aromatic heterocycles. The lowest BCUT2D eigenvalue weighted by molar-refractivity contribution is 0.880. The zero-order valence-electron chi connectivity index (χ0n) is 8.25. The molecule has 0 aliphatic carbocycles. The van der Waals surface area contributed by atoms with Crippen LogP contribution in [0.4, 0.5) is 0 Å². The Morgan fingerprint density at radius 3 is 2.93 bits per heavy atom. The number of nitrogens with two attached hydrogens (primary N) is 1. The summed E-state index contributed by atoms with van der Waals surface area (Å²) in [5, 5.41) is 1.21. The Balaban J connectivity index is 2.56. The largest absolute Gasteiger partial charge is 0.357 e. The minimum Gasteiger partial charge on any atom is -0.357 e. The normalized spacial score (nSPS) is 13.0. The Kier molecular flexibility index (Phi) is 2.14. The predicted molar refractivity (Wildman–Crippen MR) is 60.2 cm³/mol. The van der Waals surface area contributed by atoms with Crippen LogP contribution in [0, 0.1) is 6.92 Å². The highest BCUT2D eigenvalue weighted by Gasteiger charge is 2.05. The summed E-state index contributed by atoms with van der Waals surface area (Å²) >= 11 is 0. The van der Waals surface area contributed by atoms with E-state index in [2.05, 4.69) is 42.8 Å². The van der Waals surface area contributed by atoms with Gasteiger partial charge in [-0.15, -0.1) is 6.58 Å². The molecule has 0 spiro atoms. The second-order valence-corrected chi connectivity index (χ2v) is 3.58. The minimum absolute atomic E-state index is 0.109. The Morgan fingerprint density at radius 2 is 2.21 bits per heavy atom. The van der Waals surface area contributed by atoms with Crippen LogP contribution in [-0.4, -0.2) is 4.98 Å². The maximum atomic E-state index is 5.85. The average molecular weight is 186 g/mol. The van der Waals surface area contributed by atoms with Gasteiger partial charge in [0.15, 0.2) is 0 Å². The molecular formula is C12H14N2. The van der Waals surface area contributed by atoms with Crippen molar-refractivity contribution in [1.82, 2.24) is 4.98 Å². The van der Waals surface area contributed by atoms with Crippen molar-refractivity contribution in [2.45, 2.75) is 13.0 Å². The lowest BCUT2D eigenvalue weighted by Gasteiger charge is -2.00. The molecule has 0 amide bonds. The Morgan fingerprint density at radius 1 is 1.43 bits per heavy atom. The van der Waals surface area contributed by atoms with E-state index in [4.69, 9.17) is 5.73 Å². The number of aryl methyl sites for hydroxylation is 1. The summed E-state index contributed by atoms with van der Waals surface area (Å²) in [6, 6.07) is 8.27. The molecule has 2 rings (SSSR count). The number of nitrogens with one attached hydrogen (secondary N) is 1. The molecule has 0 saturated heterocycles. The van der Waals surface area contributed by atoms with E-state index >= 15 is 0 Å². The quantitative estimate of drug-likeness (QED) is 0.695. The first-order chi connectivity index (χ1) is 6.70. The van der Waals surface area contributed by atoms with Crippen LogP contribution < -0.4 is 5.73 Å². The fourth-order valence-electron chi connectivity index (χ4n) is 1.58. The summed E-state index contributed by atoms with van der Waals surface area (Å²) in [6.45, 7) is 5.76. The molecule has 1 heterocycles. The van der Waals surface area contributed by atoms with Gasteiger partial charge in [-0.2, -0.15) is 0 Å². The van der Waals surface area contributed by atoms with Gasteiger partial charge in [0, 0.05) is 11.2 Å². The highest BCUT2D eigenvalue weighted by molar-refractivity contribution is 5.81. The zero-order chi connectivity index (χ0) is 10.1. The molecule has 2 nitrogen and oxygen atoms in total. The molecule has 0 bridgehead atoms. The lowest BCUT2D eigenvalue weighted by Crippen LogP contribution is -2.06. The summed E-state index contributed by atoms with van der Waals surface area (Å²) in [5.41, 5.74) is 9.25. The fourth-order valence-corrected chi connectivity index (χ4v) is 1.58. The smallest absolute Gasteiger partial charge is 0.0631 e. The van der Waals surface area contributed by atoms with E-state index in [1.807, 2.05) is 0 Å². The van der Waals surface area contributed by atoms with Gasteiger partial charge in [0.25, 0.3) is 0 Å². The molecule has 0 fully saturated rings.